The number of hydrogen-bond donors (Lipinski definition) is 3. The molecule has 42 heavy (non-hydrogen) atoms. The van der Waals surface area contributed by atoms with Crippen molar-refractivity contribution in [3.63, 3.8) is 0 Å². The van der Waals surface area contributed by atoms with Gasteiger partial charge < -0.3 is 25.2 Å². The number of aliphatic carboxylic acids is 1. The number of phosphoric acid groups is 1. The van der Waals surface area contributed by atoms with Gasteiger partial charge in [-0.3, -0.25) is 23.4 Å². The summed E-state index contributed by atoms with van der Waals surface area (Å²) in [5.74, 6) is -2.38. The normalized spacial score (nSPS) is 14.2. The van der Waals surface area contributed by atoms with Crippen LogP contribution in [-0.4, -0.2) is 59.9 Å². The number of carboxylic acid groups (broad SMARTS) is 1. The standard InChI is InChI=1S/C30H58NO10P/c1-3-5-7-9-11-13-15-17-19-21-28(32)38-23-26(24-39-42(36,37)40-25-27(31)30(34)35)41-29(33)22-20-18-16-14-12-10-8-6-4-2/h26-27H,3-25,31H2,1-2H3,(H,34,35)(H,36,37). The van der Waals surface area contributed by atoms with Gasteiger partial charge in [-0.2, -0.15) is 0 Å². The Bertz CT molecular complexity index is 752. The highest BCUT2D eigenvalue weighted by Gasteiger charge is 2.28. The highest BCUT2D eigenvalue weighted by atomic mass is 31.2. The molecule has 3 atom stereocenters. The van der Waals surface area contributed by atoms with E-state index in [9.17, 15) is 23.8 Å². The quantitative estimate of drug-likeness (QED) is 0.0435. The summed E-state index contributed by atoms with van der Waals surface area (Å²) in [5.41, 5.74) is 5.28. The van der Waals surface area contributed by atoms with E-state index in [4.69, 9.17) is 24.8 Å². The predicted octanol–water partition coefficient (Wildman–Crippen LogP) is 6.83. The van der Waals surface area contributed by atoms with E-state index in [1.165, 1.54) is 64.2 Å². The molecule has 3 unspecified atom stereocenters. The monoisotopic (exact) mass is 623 g/mol. The zero-order chi connectivity index (χ0) is 31.5. The maximum absolute atomic E-state index is 12.4. The number of unbranched alkanes of at least 4 members (excludes halogenated alkanes) is 16. The molecule has 0 aromatic rings. The van der Waals surface area contributed by atoms with Crippen LogP contribution in [0, 0.1) is 0 Å². The fourth-order valence-electron chi connectivity index (χ4n) is 4.24. The first-order valence-electron chi connectivity index (χ1n) is 16.1. The molecule has 248 valence electrons. The summed E-state index contributed by atoms with van der Waals surface area (Å²) in [4.78, 5) is 45.3. The van der Waals surface area contributed by atoms with Gasteiger partial charge in [-0.25, -0.2) is 4.57 Å². The van der Waals surface area contributed by atoms with Gasteiger partial charge in [0.1, 0.15) is 12.6 Å². The lowest BCUT2D eigenvalue weighted by atomic mass is 10.1. The molecule has 0 aliphatic carbocycles. The fraction of sp³-hybridized carbons (Fsp3) is 0.900. The van der Waals surface area contributed by atoms with Crippen LogP contribution in [0.4, 0.5) is 0 Å². The Morgan fingerprint density at radius 3 is 1.50 bits per heavy atom. The molecule has 0 heterocycles. The number of carbonyl (C=O) groups excluding carboxylic acids is 2. The zero-order valence-electron chi connectivity index (χ0n) is 26.1. The van der Waals surface area contributed by atoms with Crippen LogP contribution in [0.25, 0.3) is 0 Å². The molecular weight excluding hydrogens is 565 g/mol. The number of carbonyl (C=O) groups is 3. The van der Waals surface area contributed by atoms with Gasteiger partial charge >= 0.3 is 25.7 Å². The number of ether oxygens (including phenoxy) is 2. The van der Waals surface area contributed by atoms with Crippen molar-refractivity contribution in [1.29, 1.82) is 0 Å². The van der Waals surface area contributed by atoms with E-state index in [0.29, 0.717) is 12.8 Å². The van der Waals surface area contributed by atoms with Crippen LogP contribution in [-0.2, 0) is 37.5 Å². The Labute approximate surface area is 253 Å². The molecular formula is C30H58NO10P. The molecule has 0 radical (unpaired) electrons. The van der Waals surface area contributed by atoms with Crippen molar-refractivity contribution in [3.8, 4) is 0 Å². The van der Waals surface area contributed by atoms with Gasteiger partial charge in [-0.1, -0.05) is 117 Å². The predicted molar refractivity (Wildman–Crippen MR) is 162 cm³/mol. The molecule has 4 N–H and O–H groups in total. The van der Waals surface area contributed by atoms with Crippen LogP contribution in [0.15, 0.2) is 0 Å². The molecule has 0 amide bonds. The Kier molecular flexibility index (Phi) is 26.1. The molecule has 0 aliphatic heterocycles. The number of phosphoric ester groups is 1. The van der Waals surface area contributed by atoms with E-state index in [2.05, 4.69) is 18.4 Å². The van der Waals surface area contributed by atoms with Crippen LogP contribution in [0.3, 0.4) is 0 Å². The van der Waals surface area contributed by atoms with Gasteiger partial charge in [-0.05, 0) is 12.8 Å². The number of hydrogen-bond acceptors (Lipinski definition) is 9. The van der Waals surface area contributed by atoms with E-state index in [-0.39, 0.29) is 19.4 Å². The van der Waals surface area contributed by atoms with E-state index in [1.54, 1.807) is 0 Å². The lowest BCUT2D eigenvalue weighted by Gasteiger charge is -2.20. The van der Waals surface area contributed by atoms with Gasteiger partial charge in [0, 0.05) is 12.8 Å². The minimum atomic E-state index is -4.69. The first-order chi connectivity index (χ1) is 20.1. The average molecular weight is 624 g/mol. The molecule has 0 saturated carbocycles. The lowest BCUT2D eigenvalue weighted by molar-refractivity contribution is -0.161. The number of esters is 2. The maximum atomic E-state index is 12.4. The molecule has 0 fully saturated rings. The van der Waals surface area contributed by atoms with Gasteiger partial charge in [-0.15, -0.1) is 0 Å². The van der Waals surface area contributed by atoms with Gasteiger partial charge in [0.15, 0.2) is 6.10 Å². The molecule has 11 nitrogen and oxygen atoms in total. The Balaban J connectivity index is 4.54. The van der Waals surface area contributed by atoms with Crippen molar-refractivity contribution >= 4 is 25.7 Å². The number of nitrogens with two attached hydrogens (primary N) is 1. The minimum Gasteiger partial charge on any atom is -0.480 e. The average Bonchev–Trinajstić information content (AvgIpc) is 2.95. The van der Waals surface area contributed by atoms with Crippen molar-refractivity contribution in [1.82, 2.24) is 0 Å². The SMILES string of the molecule is CCCCCCCCCCCC(=O)OCC(COP(=O)(O)OCC(N)C(=O)O)OC(=O)CCCCCCCCCCC. The van der Waals surface area contributed by atoms with Crippen LogP contribution >= 0.6 is 7.82 Å². The number of rotatable bonds is 30. The topological polar surface area (TPSA) is 172 Å². The second-order valence-corrected chi connectivity index (χ2v) is 12.4. The Morgan fingerprint density at radius 2 is 1.05 bits per heavy atom. The van der Waals surface area contributed by atoms with Crippen molar-refractivity contribution in [2.24, 2.45) is 5.73 Å². The lowest BCUT2D eigenvalue weighted by Crippen LogP contribution is -2.34. The van der Waals surface area contributed by atoms with E-state index < -0.39 is 51.1 Å². The Hall–Kier alpha value is -1.52. The van der Waals surface area contributed by atoms with E-state index in [1.807, 2.05) is 0 Å². The molecule has 0 aliphatic rings. The summed E-state index contributed by atoms with van der Waals surface area (Å²) in [5, 5.41) is 8.80. The van der Waals surface area contributed by atoms with Crippen LogP contribution < -0.4 is 5.73 Å². The van der Waals surface area contributed by atoms with Crippen molar-refractivity contribution in [2.45, 2.75) is 154 Å². The van der Waals surface area contributed by atoms with Gasteiger partial charge in [0.2, 0.25) is 0 Å². The smallest absolute Gasteiger partial charge is 0.472 e. The Morgan fingerprint density at radius 1 is 0.643 bits per heavy atom. The number of carboxylic acids is 1. The van der Waals surface area contributed by atoms with E-state index >= 15 is 0 Å². The van der Waals surface area contributed by atoms with Crippen LogP contribution in [0.2, 0.25) is 0 Å². The third-order valence-corrected chi connectivity index (χ3v) is 7.81. The minimum absolute atomic E-state index is 0.166. The zero-order valence-corrected chi connectivity index (χ0v) is 27.0. The molecule has 0 spiro atoms. The second kappa shape index (κ2) is 27.1. The molecule has 0 aromatic carbocycles. The summed E-state index contributed by atoms with van der Waals surface area (Å²) < 4.78 is 32.3. The first-order valence-corrected chi connectivity index (χ1v) is 17.6. The molecule has 0 bridgehead atoms. The highest BCUT2D eigenvalue weighted by molar-refractivity contribution is 7.47. The fourth-order valence-corrected chi connectivity index (χ4v) is 5.02. The van der Waals surface area contributed by atoms with Crippen molar-refractivity contribution in [3.05, 3.63) is 0 Å². The van der Waals surface area contributed by atoms with Gasteiger partial charge in [0.25, 0.3) is 0 Å². The summed E-state index contributed by atoms with van der Waals surface area (Å²) in [6.45, 7) is 2.71. The highest BCUT2D eigenvalue weighted by Crippen LogP contribution is 2.43. The summed E-state index contributed by atoms with van der Waals surface area (Å²) in [7, 11) is -4.69. The summed E-state index contributed by atoms with van der Waals surface area (Å²) in [6.07, 6.45) is 19.2. The molecule has 0 rings (SSSR count). The summed E-state index contributed by atoms with van der Waals surface area (Å²) >= 11 is 0. The molecule has 0 aromatic heterocycles. The molecule has 12 heteroatoms. The van der Waals surface area contributed by atoms with Crippen molar-refractivity contribution < 1.29 is 47.5 Å². The van der Waals surface area contributed by atoms with Crippen LogP contribution in [0.1, 0.15) is 142 Å². The van der Waals surface area contributed by atoms with Crippen molar-refractivity contribution in [2.75, 3.05) is 19.8 Å². The van der Waals surface area contributed by atoms with Crippen LogP contribution in [0.5, 0.6) is 0 Å². The van der Waals surface area contributed by atoms with E-state index in [0.717, 1.165) is 38.5 Å². The molecule has 0 saturated heterocycles. The maximum Gasteiger partial charge on any atom is 0.472 e. The largest absolute Gasteiger partial charge is 0.480 e. The first kappa shape index (κ1) is 40.5. The third-order valence-electron chi connectivity index (χ3n) is 6.86. The summed E-state index contributed by atoms with van der Waals surface area (Å²) in [6, 6.07) is -1.51. The third kappa shape index (κ3) is 26.1. The van der Waals surface area contributed by atoms with Gasteiger partial charge in [0.05, 0.1) is 13.2 Å². The second-order valence-electron chi connectivity index (χ2n) is 11.0.